The number of nitrogens with zero attached hydrogens (tertiary/aromatic N) is 2. The van der Waals surface area contributed by atoms with Gasteiger partial charge in [-0.3, -0.25) is 25.0 Å². The molecule has 0 fully saturated rings. The molecule has 13 rings (SSSR count). The number of aryl methyl sites for hydroxylation is 17. The maximum absolute atomic E-state index is 14.0. The highest BCUT2D eigenvalue weighted by Crippen LogP contribution is 2.42. The third-order valence-electron chi connectivity index (χ3n) is 18.9. The maximum Gasteiger partial charge on any atom is 0.275 e. The Hall–Kier alpha value is -10.2. The van der Waals surface area contributed by atoms with Crippen LogP contribution >= 0.6 is 53.5 Å². The third-order valence-corrected chi connectivity index (χ3v) is 26.7. The second-order valence-electron chi connectivity index (χ2n) is 28.2. The molecule has 0 atom stereocenters. The molecule has 0 bridgehead atoms. The van der Waals surface area contributed by atoms with Crippen molar-refractivity contribution in [1.29, 1.82) is 0 Å². The molecule has 115 heavy (non-hydrogen) atoms. The van der Waals surface area contributed by atoms with E-state index in [0.717, 1.165) is 70.2 Å². The molecule has 0 radical (unpaired) electrons. The highest BCUT2D eigenvalue weighted by Gasteiger charge is 2.29. The van der Waals surface area contributed by atoms with E-state index in [1.165, 1.54) is 73.8 Å². The molecule has 0 aliphatic heterocycles. The first-order valence-corrected chi connectivity index (χ1v) is 42.8. The molecule has 13 aromatic carbocycles. The summed E-state index contributed by atoms with van der Waals surface area (Å²) in [6, 6.07) is 84.7. The number of carbonyl (C=O) groups is 1. The van der Waals surface area contributed by atoms with Crippen LogP contribution in [-0.2, 0) is 25.2 Å². The van der Waals surface area contributed by atoms with E-state index in [4.69, 9.17) is 46.4 Å². The predicted molar refractivity (Wildman–Crippen MR) is 482 cm³/mol. The number of hydrogen-bond donors (Lipinski definition) is 0. The Morgan fingerprint density at radius 3 is 0.965 bits per heavy atom. The lowest BCUT2D eigenvalue weighted by atomic mass is 10.0. The zero-order chi connectivity index (χ0) is 85.2. The lowest BCUT2D eigenvalue weighted by Gasteiger charge is -2.20. The summed E-state index contributed by atoms with van der Waals surface area (Å²) in [4.78, 5) is 34.4. The fourth-order valence-corrected chi connectivity index (χ4v) is 17.0. The molecular formula is C97H99Cl4N2O9PS2. The van der Waals surface area contributed by atoms with Crippen LogP contribution in [0, 0.1) is 145 Å². The summed E-state index contributed by atoms with van der Waals surface area (Å²) >= 11 is 24.0. The Labute approximate surface area is 702 Å². The third kappa shape index (κ3) is 27.5. The van der Waals surface area contributed by atoms with Gasteiger partial charge in [0.25, 0.3) is 11.4 Å². The number of halogens is 4. The van der Waals surface area contributed by atoms with Crippen LogP contribution in [0.5, 0.6) is 0 Å². The Balaban J connectivity index is 0.000000208. The van der Waals surface area contributed by atoms with E-state index in [9.17, 15) is 42.2 Å². The van der Waals surface area contributed by atoms with Crippen LogP contribution in [0.3, 0.4) is 0 Å². The minimum atomic E-state index is -3.59. The molecule has 0 unspecified atom stereocenters. The van der Waals surface area contributed by atoms with Crippen molar-refractivity contribution in [3.8, 4) is 0 Å². The number of sulfone groups is 1. The minimum absolute atomic E-state index is 0.0706. The normalized spacial score (nSPS) is 10.6. The van der Waals surface area contributed by atoms with Crippen molar-refractivity contribution in [3.63, 3.8) is 0 Å². The van der Waals surface area contributed by atoms with Crippen LogP contribution < -0.4 is 15.9 Å². The molecular weight excluding hydrogens is 1570 g/mol. The van der Waals surface area contributed by atoms with Gasteiger partial charge in [-0.2, -0.15) is 0 Å². The molecule has 596 valence electrons. The molecule has 0 spiro atoms. The molecule has 0 saturated heterocycles. The molecule has 0 aliphatic carbocycles. The van der Waals surface area contributed by atoms with Gasteiger partial charge in [0, 0.05) is 79.7 Å². The maximum atomic E-state index is 14.0. The van der Waals surface area contributed by atoms with Crippen molar-refractivity contribution < 1.29 is 31.8 Å². The van der Waals surface area contributed by atoms with Gasteiger partial charge in [-0.25, -0.2) is 12.6 Å². The monoisotopic (exact) mass is 1670 g/mol. The van der Waals surface area contributed by atoms with E-state index in [-0.39, 0.29) is 36.8 Å². The van der Waals surface area contributed by atoms with Crippen molar-refractivity contribution in [3.05, 3.63) is 425 Å². The van der Waals surface area contributed by atoms with Gasteiger partial charge >= 0.3 is 0 Å². The molecule has 0 aliphatic rings. The Kier molecular flexibility index (Phi) is 35.9. The molecule has 0 N–H and O–H groups in total. The van der Waals surface area contributed by atoms with Crippen LogP contribution in [0.15, 0.2) is 293 Å². The summed E-state index contributed by atoms with van der Waals surface area (Å²) in [6.07, 6.45) is 0. The van der Waals surface area contributed by atoms with Crippen molar-refractivity contribution >= 4 is 107 Å². The van der Waals surface area contributed by atoms with E-state index >= 15 is 0 Å². The number of ketones is 1. The first-order valence-electron chi connectivity index (χ1n) is 36.9. The molecule has 0 amide bonds. The second kappa shape index (κ2) is 44.1. The van der Waals surface area contributed by atoms with Crippen molar-refractivity contribution in [2.75, 3.05) is 0 Å². The molecule has 0 aromatic heterocycles. The van der Waals surface area contributed by atoms with E-state index in [0.29, 0.717) is 31.2 Å². The first kappa shape index (κ1) is 93.7. The van der Waals surface area contributed by atoms with Crippen molar-refractivity contribution in [2.24, 2.45) is 0 Å². The quantitative estimate of drug-likeness (QED) is 0.0529. The van der Waals surface area contributed by atoms with Gasteiger partial charge < -0.3 is 4.57 Å². The molecule has 13 aromatic rings. The number of nitro groups is 2. The van der Waals surface area contributed by atoms with Crippen LogP contribution in [-0.4, -0.2) is 28.3 Å². The summed E-state index contributed by atoms with van der Waals surface area (Å²) in [5, 5.41) is 25.5. The Morgan fingerprint density at radius 1 is 0.322 bits per heavy atom. The van der Waals surface area contributed by atoms with Gasteiger partial charge in [-0.1, -0.05) is 280 Å². The van der Waals surface area contributed by atoms with Gasteiger partial charge in [0.05, 0.1) is 30.4 Å². The highest BCUT2D eigenvalue weighted by molar-refractivity contribution is 7.91. The fourth-order valence-electron chi connectivity index (χ4n) is 11.2. The van der Waals surface area contributed by atoms with E-state index in [1.54, 1.807) is 93.6 Å². The van der Waals surface area contributed by atoms with Gasteiger partial charge in [0.2, 0.25) is 9.84 Å². The predicted octanol–water partition coefficient (Wildman–Crippen LogP) is 26.3. The second-order valence-corrected chi connectivity index (χ2v) is 36.1. The number of benzene rings is 13. The summed E-state index contributed by atoms with van der Waals surface area (Å²) in [7, 11) is -7.47. The Morgan fingerprint density at radius 2 is 0.643 bits per heavy atom. The largest absolute Gasteiger partial charge is 0.309 e. The number of rotatable bonds is 11. The van der Waals surface area contributed by atoms with Gasteiger partial charge in [0.15, 0.2) is 12.9 Å². The number of nitro benzene ring substituents is 2. The summed E-state index contributed by atoms with van der Waals surface area (Å²) in [6.45, 7) is 35.6. The summed E-state index contributed by atoms with van der Waals surface area (Å²) < 4.78 is 51.1. The fraction of sp³-hybridized carbons (Fsp3) is 0.186. The smallest absolute Gasteiger partial charge is 0.275 e. The number of hydrogen-bond acceptors (Lipinski definition) is 9. The van der Waals surface area contributed by atoms with E-state index < -0.39 is 27.8 Å². The SMILES string of the molecule is Cc1ccc(C(=O)c2ccc(C)c(Cl)c2)cc1Cl.Cc1ccc(C)c(C)c1.Cc1ccc(P(=O)(c2ccccc2)c2ccc(C)cc2)cc1.Cc1ccc(S(=O)(=O)c2ccc(C)c(Cl)c2)cc1Cl.Cc1ccc(S(=O)c2ccc(C)cc2)cc1.Cc1ccc([N+](=O)[O-])c(C)c1.Cc1cccc(C)c1C.Cc1cccc(C)c1[N+](=O)[O-]. The summed E-state index contributed by atoms with van der Waals surface area (Å²) in [5.74, 6) is -0.0706. The highest BCUT2D eigenvalue weighted by atomic mass is 35.5. The minimum Gasteiger partial charge on any atom is -0.309 e. The van der Waals surface area contributed by atoms with E-state index in [2.05, 4.69) is 77.9 Å². The summed E-state index contributed by atoms with van der Waals surface area (Å²) in [5.41, 5.74) is 21.4. The average molecular weight is 1670 g/mol. The zero-order valence-corrected chi connectivity index (χ0v) is 73.9. The van der Waals surface area contributed by atoms with Crippen LogP contribution in [0.4, 0.5) is 11.4 Å². The Bertz CT molecular complexity index is 5480. The van der Waals surface area contributed by atoms with E-state index in [1.807, 2.05) is 208 Å². The topological polar surface area (TPSA) is 172 Å². The van der Waals surface area contributed by atoms with Gasteiger partial charge in [0.1, 0.15) is 0 Å². The van der Waals surface area contributed by atoms with Crippen LogP contribution in [0.2, 0.25) is 20.1 Å². The van der Waals surface area contributed by atoms with Gasteiger partial charge in [-0.15, -0.1) is 0 Å². The van der Waals surface area contributed by atoms with Gasteiger partial charge in [-0.05, 0) is 241 Å². The zero-order valence-electron chi connectivity index (χ0n) is 68.3. The molecule has 11 nitrogen and oxygen atoms in total. The van der Waals surface area contributed by atoms with Crippen molar-refractivity contribution in [2.45, 2.75) is 144 Å². The molecule has 18 heteroatoms. The number of carbonyl (C=O) groups excluding carboxylic acids is 1. The number of para-hydroxylation sites is 1. The first-order chi connectivity index (χ1) is 54.2. The molecule has 0 heterocycles. The lowest BCUT2D eigenvalue weighted by Crippen LogP contribution is -2.25. The average Bonchev–Trinajstić information content (AvgIpc) is 0.768. The van der Waals surface area contributed by atoms with Crippen molar-refractivity contribution in [1.82, 2.24) is 0 Å². The van der Waals surface area contributed by atoms with Crippen LogP contribution in [0.1, 0.15) is 116 Å². The molecule has 0 saturated carbocycles. The standard InChI is InChI=1S/C20H19OP.C15H12Cl2O.C14H12Cl2O2S.C14H14OS.2C9H12.2C8H9NO2/c1-16-8-12-19(13-9-16)22(21,18-6-4-3-5-7-18)20-14-10-17(2)11-15-20;1-9-3-5-11(7-13(9)16)15(18)12-6-4-10(2)14(17)8-12;1-9-3-5-11(7-13(9)15)19(17,18)12-6-4-10(2)14(16)8-12;1-11-3-7-13(8-4-11)16(15)14-9-5-12(2)6-10-14;1-7-4-5-8(2)9(3)6-7;1-7-5-4-6-8(2)9(7)3;1-6-3-4-8(9(10)11)7(2)5-6;1-6-4-3-5-7(2)8(6)9(10)11/h3-15H,1-2H3;3-8H,1-2H3;3-8H,1-2H3;3-10H,1-2H3;2*4-6H,1-3H3;2*3-5H,1-2H3. The lowest BCUT2D eigenvalue weighted by molar-refractivity contribution is -0.386. The van der Waals surface area contributed by atoms with Crippen LogP contribution in [0.25, 0.3) is 0 Å².